The standard InChI is InChI=1S/C15H19NO4S/c1-4-20-14(18)9-21-11(3)15(19)16-13-7-5-12(6-8-13)10(2)17/h5-8,11H,4,9H2,1-3H3,(H,16,19)/t11-/m1/s1. The predicted molar refractivity (Wildman–Crippen MR) is 83.6 cm³/mol. The van der Waals surface area contributed by atoms with Gasteiger partial charge in [0.25, 0.3) is 0 Å². The number of hydrogen-bond acceptors (Lipinski definition) is 5. The van der Waals surface area contributed by atoms with Crippen molar-refractivity contribution >= 4 is 35.1 Å². The van der Waals surface area contributed by atoms with E-state index < -0.39 is 0 Å². The van der Waals surface area contributed by atoms with Gasteiger partial charge in [0, 0.05) is 11.3 Å². The third kappa shape index (κ3) is 5.99. The molecule has 1 atom stereocenters. The second-order valence-corrected chi connectivity index (χ2v) is 5.71. The van der Waals surface area contributed by atoms with Gasteiger partial charge in [-0.1, -0.05) is 0 Å². The molecule has 1 rings (SSSR count). The lowest BCUT2D eigenvalue weighted by molar-refractivity contribution is -0.139. The van der Waals surface area contributed by atoms with Crippen LogP contribution >= 0.6 is 11.8 Å². The minimum absolute atomic E-state index is 0.0220. The Morgan fingerprint density at radius 1 is 1.24 bits per heavy atom. The average Bonchev–Trinajstić information content (AvgIpc) is 2.45. The fraction of sp³-hybridized carbons (Fsp3) is 0.400. The van der Waals surface area contributed by atoms with Crippen LogP contribution in [0, 0.1) is 0 Å². The highest BCUT2D eigenvalue weighted by atomic mass is 32.2. The van der Waals surface area contributed by atoms with Gasteiger partial charge in [-0.25, -0.2) is 0 Å². The SMILES string of the molecule is CCOC(=O)CS[C@H](C)C(=O)Nc1ccc(C(C)=O)cc1. The van der Waals surface area contributed by atoms with Crippen LogP contribution in [0.1, 0.15) is 31.1 Å². The molecular formula is C15H19NO4S. The van der Waals surface area contributed by atoms with Crippen molar-refractivity contribution in [2.75, 3.05) is 17.7 Å². The van der Waals surface area contributed by atoms with Gasteiger partial charge in [0.1, 0.15) is 0 Å². The normalized spacial score (nSPS) is 11.6. The number of ketones is 1. The Morgan fingerprint density at radius 3 is 2.38 bits per heavy atom. The van der Waals surface area contributed by atoms with E-state index in [1.165, 1.54) is 18.7 Å². The number of ether oxygens (including phenoxy) is 1. The van der Waals surface area contributed by atoms with Gasteiger partial charge < -0.3 is 10.1 Å². The van der Waals surface area contributed by atoms with Crippen LogP contribution in [0.2, 0.25) is 0 Å². The molecule has 114 valence electrons. The van der Waals surface area contributed by atoms with Crippen LogP contribution in [0.4, 0.5) is 5.69 Å². The first-order valence-corrected chi connectivity index (χ1v) is 7.68. The zero-order valence-corrected chi connectivity index (χ0v) is 13.2. The maximum atomic E-state index is 12.0. The smallest absolute Gasteiger partial charge is 0.315 e. The van der Waals surface area contributed by atoms with Crippen LogP contribution in [-0.4, -0.2) is 35.3 Å². The summed E-state index contributed by atoms with van der Waals surface area (Å²) in [5, 5.41) is 2.37. The van der Waals surface area contributed by atoms with Crippen LogP contribution in [0.5, 0.6) is 0 Å². The van der Waals surface area contributed by atoms with Gasteiger partial charge in [-0.2, -0.15) is 0 Å². The zero-order valence-electron chi connectivity index (χ0n) is 12.3. The van der Waals surface area contributed by atoms with Crippen molar-refractivity contribution in [2.24, 2.45) is 0 Å². The summed E-state index contributed by atoms with van der Waals surface area (Å²) in [4.78, 5) is 34.3. The maximum absolute atomic E-state index is 12.0. The number of esters is 1. The lowest BCUT2D eigenvalue weighted by atomic mass is 10.1. The molecule has 1 amide bonds. The van der Waals surface area contributed by atoms with E-state index in [2.05, 4.69) is 5.32 Å². The Kier molecular flexibility index (Phi) is 6.94. The predicted octanol–water partition coefficient (Wildman–Crippen LogP) is 2.51. The highest BCUT2D eigenvalue weighted by molar-refractivity contribution is 8.01. The van der Waals surface area contributed by atoms with Crippen molar-refractivity contribution in [3.8, 4) is 0 Å². The first-order chi connectivity index (χ1) is 9.93. The third-order valence-electron chi connectivity index (χ3n) is 2.68. The molecular weight excluding hydrogens is 290 g/mol. The molecule has 0 bridgehead atoms. The molecule has 0 aliphatic heterocycles. The van der Waals surface area contributed by atoms with Gasteiger partial charge in [0.2, 0.25) is 5.91 Å². The first-order valence-electron chi connectivity index (χ1n) is 6.63. The Balaban J connectivity index is 2.48. The highest BCUT2D eigenvalue weighted by Crippen LogP contribution is 2.15. The second kappa shape index (κ2) is 8.46. The number of carbonyl (C=O) groups excluding carboxylic acids is 3. The van der Waals surface area contributed by atoms with Gasteiger partial charge in [0.05, 0.1) is 17.6 Å². The topological polar surface area (TPSA) is 72.5 Å². The number of amides is 1. The fourth-order valence-corrected chi connectivity index (χ4v) is 2.18. The Labute approximate surface area is 128 Å². The van der Waals surface area contributed by atoms with Gasteiger partial charge >= 0.3 is 5.97 Å². The first kappa shape index (κ1) is 17.2. The van der Waals surface area contributed by atoms with Crippen molar-refractivity contribution in [1.29, 1.82) is 0 Å². The summed E-state index contributed by atoms with van der Waals surface area (Å²) >= 11 is 1.22. The number of hydrogen-bond donors (Lipinski definition) is 1. The summed E-state index contributed by atoms with van der Waals surface area (Å²) in [5.41, 5.74) is 1.21. The van der Waals surface area contributed by atoms with E-state index in [0.717, 1.165) is 0 Å². The molecule has 6 heteroatoms. The molecule has 5 nitrogen and oxygen atoms in total. The molecule has 0 aliphatic carbocycles. The Bertz CT molecular complexity index is 513. The highest BCUT2D eigenvalue weighted by Gasteiger charge is 2.15. The molecule has 0 unspecified atom stereocenters. The number of thioether (sulfide) groups is 1. The van der Waals surface area contributed by atoms with Crippen LogP contribution in [0.3, 0.4) is 0 Å². The third-order valence-corrected chi connectivity index (χ3v) is 3.80. The number of benzene rings is 1. The number of Topliss-reactive ketones (excluding diaryl/α,β-unsaturated/α-hetero) is 1. The van der Waals surface area contributed by atoms with E-state index in [-0.39, 0.29) is 28.7 Å². The lowest BCUT2D eigenvalue weighted by Gasteiger charge is -2.11. The maximum Gasteiger partial charge on any atom is 0.315 e. The minimum Gasteiger partial charge on any atom is -0.465 e. The van der Waals surface area contributed by atoms with E-state index in [9.17, 15) is 14.4 Å². The Morgan fingerprint density at radius 2 is 1.86 bits per heavy atom. The summed E-state index contributed by atoms with van der Waals surface area (Å²) in [6, 6.07) is 6.68. The van der Waals surface area contributed by atoms with Crippen LogP contribution in [0.25, 0.3) is 0 Å². The molecule has 0 radical (unpaired) electrons. The molecule has 21 heavy (non-hydrogen) atoms. The van der Waals surface area contributed by atoms with Crippen molar-refractivity contribution in [2.45, 2.75) is 26.0 Å². The van der Waals surface area contributed by atoms with Crippen LogP contribution in [0.15, 0.2) is 24.3 Å². The van der Waals surface area contributed by atoms with Crippen molar-refractivity contribution in [3.05, 3.63) is 29.8 Å². The van der Waals surface area contributed by atoms with Crippen LogP contribution < -0.4 is 5.32 Å². The molecule has 1 aromatic carbocycles. The average molecular weight is 309 g/mol. The van der Waals surface area contributed by atoms with E-state index in [4.69, 9.17) is 4.74 Å². The molecule has 1 N–H and O–H groups in total. The molecule has 0 aliphatic rings. The monoisotopic (exact) mass is 309 g/mol. The lowest BCUT2D eigenvalue weighted by Crippen LogP contribution is -2.24. The van der Waals surface area contributed by atoms with Gasteiger partial charge in [-0.05, 0) is 45.0 Å². The summed E-state index contributed by atoms with van der Waals surface area (Å²) in [7, 11) is 0. The number of carbonyl (C=O) groups is 3. The van der Waals surface area contributed by atoms with E-state index in [0.29, 0.717) is 17.9 Å². The fourth-order valence-electron chi connectivity index (χ4n) is 1.50. The molecule has 0 fully saturated rings. The number of rotatable bonds is 7. The quantitative estimate of drug-likeness (QED) is 0.619. The van der Waals surface area contributed by atoms with Gasteiger partial charge in [-0.15, -0.1) is 11.8 Å². The largest absolute Gasteiger partial charge is 0.465 e. The van der Waals surface area contributed by atoms with E-state index >= 15 is 0 Å². The van der Waals surface area contributed by atoms with Crippen molar-refractivity contribution < 1.29 is 19.1 Å². The number of nitrogens with one attached hydrogen (secondary N) is 1. The second-order valence-electron chi connectivity index (χ2n) is 4.38. The van der Waals surface area contributed by atoms with Crippen LogP contribution in [-0.2, 0) is 14.3 Å². The summed E-state index contributed by atoms with van der Waals surface area (Å²) in [6.45, 7) is 5.29. The van der Waals surface area contributed by atoms with E-state index in [1.807, 2.05) is 0 Å². The molecule has 0 saturated carbocycles. The van der Waals surface area contributed by atoms with Crippen molar-refractivity contribution in [3.63, 3.8) is 0 Å². The minimum atomic E-state index is -0.373. The Hall–Kier alpha value is -1.82. The zero-order chi connectivity index (χ0) is 15.8. The molecule has 0 heterocycles. The molecule has 0 saturated heterocycles. The van der Waals surface area contributed by atoms with Gasteiger partial charge in [0.15, 0.2) is 5.78 Å². The molecule has 0 spiro atoms. The van der Waals surface area contributed by atoms with Gasteiger partial charge in [-0.3, -0.25) is 14.4 Å². The summed E-state index contributed by atoms with van der Waals surface area (Å²) < 4.78 is 4.80. The number of anilines is 1. The summed E-state index contributed by atoms with van der Waals surface area (Å²) in [6.07, 6.45) is 0. The molecule has 1 aromatic rings. The summed E-state index contributed by atoms with van der Waals surface area (Å²) in [5.74, 6) is -0.398. The van der Waals surface area contributed by atoms with Crippen molar-refractivity contribution in [1.82, 2.24) is 0 Å². The van der Waals surface area contributed by atoms with E-state index in [1.54, 1.807) is 38.1 Å². The molecule has 0 aromatic heterocycles.